The van der Waals surface area contributed by atoms with E-state index in [1.54, 1.807) is 21.3 Å². The number of hydrazine groups is 1. The molecule has 0 rings (SSSR count). The second-order valence-corrected chi connectivity index (χ2v) is 11.8. The van der Waals surface area contributed by atoms with E-state index in [1.807, 2.05) is 32.6 Å². The highest BCUT2D eigenvalue weighted by atomic mass is 32.1. The van der Waals surface area contributed by atoms with E-state index in [1.165, 1.54) is 6.42 Å². The molecule has 6 atom stereocenters. The summed E-state index contributed by atoms with van der Waals surface area (Å²) in [5.74, 6) is 6.59. The maximum Gasteiger partial charge on any atom is 0.290 e. The Balaban J connectivity index is -0.000000177. The predicted molar refractivity (Wildman–Crippen MR) is 207 cm³/mol. The van der Waals surface area contributed by atoms with Gasteiger partial charge in [0.2, 0.25) is 12.3 Å². The number of likely N-dealkylation sites (N-methyl/N-ethyl adjacent to an activating group) is 1. The second kappa shape index (κ2) is 49.2. The minimum absolute atomic E-state index is 0.0127. The summed E-state index contributed by atoms with van der Waals surface area (Å²) in [5, 5.41) is 9.66. The third kappa shape index (κ3) is 38.3. The average Bonchev–Trinajstić information content (AvgIpc) is 3.05. The number of rotatable bonds is 18. The largest absolute Gasteiger partial charge is 0.483 e. The number of nitrogens with one attached hydrogen (secondary N) is 2. The van der Waals surface area contributed by atoms with Crippen LogP contribution in [0.3, 0.4) is 0 Å². The Bertz CT molecular complexity index is 657. The number of carboxylic acid groups (broad SMARTS) is 1. The quantitative estimate of drug-likeness (QED) is 0.0386. The van der Waals surface area contributed by atoms with E-state index in [9.17, 15) is 9.59 Å². The molecule has 0 radical (unpaired) electrons. The van der Waals surface area contributed by atoms with Gasteiger partial charge in [-0.15, -0.1) is 0 Å². The number of thiocarbonyl (C=S) groups is 1. The van der Waals surface area contributed by atoms with E-state index in [0.717, 1.165) is 37.6 Å². The first-order valence-corrected chi connectivity index (χ1v) is 17.6. The zero-order valence-corrected chi connectivity index (χ0v) is 34.2. The molecule has 13 heteroatoms. The van der Waals surface area contributed by atoms with E-state index in [2.05, 4.69) is 96.9 Å². The van der Waals surface area contributed by atoms with Gasteiger partial charge < -0.3 is 35.3 Å². The highest BCUT2D eigenvalue weighted by molar-refractivity contribution is 7.78. The Morgan fingerprint density at radius 2 is 1.44 bits per heavy atom. The Labute approximate surface area is 301 Å². The molecule has 0 aliphatic heterocycles. The molecule has 0 aromatic heterocycles. The molecule has 48 heavy (non-hydrogen) atoms. The molecule has 0 heterocycles. The van der Waals surface area contributed by atoms with Crippen molar-refractivity contribution in [2.45, 2.75) is 133 Å². The van der Waals surface area contributed by atoms with Crippen molar-refractivity contribution in [3.8, 4) is 0 Å². The van der Waals surface area contributed by atoms with Gasteiger partial charge in [-0.1, -0.05) is 101 Å². The summed E-state index contributed by atoms with van der Waals surface area (Å²) in [6, 6.07) is 0.0127. The SMILES string of the molecule is C=O.CC.CCC.CCC(C)C(C(CC(CCCNC=O)C(OC)C(C)C(C)C)OC)N(C)C(=O)CC(C)C.CNN.NC=S.O=CO. The lowest BCUT2D eigenvalue weighted by Gasteiger charge is -2.41. The minimum Gasteiger partial charge on any atom is -0.483 e. The fraction of sp³-hybridized carbons (Fsp3) is 0.857. The lowest BCUT2D eigenvalue weighted by molar-refractivity contribution is -0.138. The van der Waals surface area contributed by atoms with Gasteiger partial charge in [0.15, 0.2) is 0 Å². The summed E-state index contributed by atoms with van der Waals surface area (Å²) in [7, 11) is 7.15. The van der Waals surface area contributed by atoms with E-state index in [-0.39, 0.29) is 36.5 Å². The summed E-state index contributed by atoms with van der Waals surface area (Å²) >= 11 is 4.05. The Morgan fingerprint density at radius 3 is 1.73 bits per heavy atom. The van der Waals surface area contributed by atoms with Crippen LogP contribution in [-0.2, 0) is 28.7 Å². The lowest BCUT2D eigenvalue weighted by Crippen LogP contribution is -2.50. The molecule has 0 fully saturated rings. The van der Waals surface area contributed by atoms with Gasteiger partial charge in [0, 0.05) is 34.2 Å². The number of methoxy groups -OCH3 is 2. The van der Waals surface area contributed by atoms with Crippen molar-refractivity contribution in [1.29, 1.82) is 0 Å². The van der Waals surface area contributed by atoms with Crippen LogP contribution in [0.5, 0.6) is 0 Å². The summed E-state index contributed by atoms with van der Waals surface area (Å²) in [6.45, 7) is 25.9. The molecule has 0 aromatic rings. The first kappa shape index (κ1) is 61.1. The van der Waals surface area contributed by atoms with Crippen molar-refractivity contribution < 1.29 is 33.8 Å². The molecule has 0 aliphatic carbocycles. The van der Waals surface area contributed by atoms with Crippen LogP contribution in [0.1, 0.15) is 115 Å². The molecule has 0 saturated carbocycles. The van der Waals surface area contributed by atoms with Crippen LogP contribution in [0.2, 0.25) is 0 Å². The van der Waals surface area contributed by atoms with Crippen molar-refractivity contribution in [3.63, 3.8) is 0 Å². The summed E-state index contributed by atoms with van der Waals surface area (Å²) in [5.41, 5.74) is 7.87. The van der Waals surface area contributed by atoms with Crippen LogP contribution >= 0.6 is 12.2 Å². The molecule has 0 saturated heterocycles. The highest BCUT2D eigenvalue weighted by Crippen LogP contribution is 2.33. The van der Waals surface area contributed by atoms with Crippen LogP contribution in [0.25, 0.3) is 0 Å². The van der Waals surface area contributed by atoms with E-state index in [0.29, 0.717) is 36.6 Å². The number of carbonyl (C=O) groups is 4. The normalized spacial score (nSPS) is 13.1. The van der Waals surface area contributed by atoms with Crippen molar-refractivity contribution in [3.05, 3.63) is 0 Å². The summed E-state index contributed by atoms with van der Waals surface area (Å²) < 4.78 is 12.1. The van der Waals surface area contributed by atoms with Gasteiger partial charge in [0.05, 0.1) is 23.7 Å². The molecule has 7 N–H and O–H groups in total. The highest BCUT2D eigenvalue weighted by Gasteiger charge is 2.37. The van der Waals surface area contributed by atoms with Crippen molar-refractivity contribution in [2.24, 2.45) is 41.2 Å². The van der Waals surface area contributed by atoms with Crippen LogP contribution < -0.4 is 22.3 Å². The van der Waals surface area contributed by atoms with Crippen LogP contribution in [0, 0.1) is 29.6 Å². The van der Waals surface area contributed by atoms with Gasteiger partial charge in [-0.05, 0) is 55.9 Å². The fourth-order valence-electron chi connectivity index (χ4n) is 4.73. The molecule has 292 valence electrons. The molecule has 0 aliphatic rings. The third-order valence-electron chi connectivity index (χ3n) is 7.16. The molecule has 12 nitrogen and oxygen atoms in total. The lowest BCUT2D eigenvalue weighted by atomic mass is 9.78. The maximum absolute atomic E-state index is 13.0. The standard InChI is InChI=1S/C26H52N2O4.C3H8.C2H6.CH6N2.CH3NS.CH2O2.CH2O/c1-11-20(6)25(28(8)24(30)15-18(2)3)23(31-9)16-22(13-12-14-27-17-29)26(32-10)21(7)19(4)5;1-3-2;1-2;1-3-2;2*2-1-3;1-2/h17-23,25-26H,11-16H2,1-10H3,(H,27,29);3H2,1-2H3;1-2H3;3H,2H2,1H3;1H,(H2,2,3);1H,(H,2,3);1H2. The number of hydrogen-bond donors (Lipinski definition) is 5. The van der Waals surface area contributed by atoms with Gasteiger partial charge in [0.25, 0.3) is 6.47 Å². The van der Waals surface area contributed by atoms with E-state index >= 15 is 0 Å². The van der Waals surface area contributed by atoms with Crippen LogP contribution in [0.15, 0.2) is 0 Å². The van der Waals surface area contributed by atoms with Gasteiger partial charge in [-0.25, -0.2) is 0 Å². The molecule has 0 spiro atoms. The van der Waals surface area contributed by atoms with Gasteiger partial charge in [-0.2, -0.15) is 0 Å². The minimum atomic E-state index is -0.250. The molecule has 2 amide bonds. The molecular weight excluding hydrogens is 634 g/mol. The van der Waals surface area contributed by atoms with Gasteiger partial charge >= 0.3 is 0 Å². The number of hydrogen-bond acceptors (Lipinski definition) is 9. The zero-order valence-electron chi connectivity index (χ0n) is 33.4. The Hall–Kier alpha value is -2.19. The van der Waals surface area contributed by atoms with E-state index < -0.39 is 0 Å². The monoisotopic (exact) mass is 714 g/mol. The molecule has 0 aromatic carbocycles. The van der Waals surface area contributed by atoms with Gasteiger partial charge in [-0.3, -0.25) is 25.7 Å². The Morgan fingerprint density at radius 1 is 1.02 bits per heavy atom. The number of nitrogens with two attached hydrogens (primary N) is 2. The first-order chi connectivity index (χ1) is 22.7. The number of amides is 2. The first-order valence-electron chi connectivity index (χ1n) is 17.1. The van der Waals surface area contributed by atoms with E-state index in [4.69, 9.17) is 24.2 Å². The topological polar surface area (TPSA) is 186 Å². The van der Waals surface area contributed by atoms with Crippen LogP contribution in [-0.4, -0.2) is 94.2 Å². The fourth-order valence-corrected chi connectivity index (χ4v) is 4.73. The zero-order chi connectivity index (χ0) is 39.7. The third-order valence-corrected chi connectivity index (χ3v) is 7.16. The predicted octanol–water partition coefficient (Wildman–Crippen LogP) is 5.70. The molecular formula is C35H79N5O7S. The molecule has 6 unspecified atom stereocenters. The van der Waals surface area contributed by atoms with Crippen molar-refractivity contribution in [1.82, 2.24) is 15.6 Å². The van der Waals surface area contributed by atoms with Crippen molar-refractivity contribution in [2.75, 3.05) is 34.9 Å². The smallest absolute Gasteiger partial charge is 0.290 e. The van der Waals surface area contributed by atoms with Gasteiger partial charge in [0.1, 0.15) is 6.79 Å². The number of nitrogens with zero attached hydrogens (tertiary/aromatic N) is 1. The number of ether oxygens (including phenoxy) is 2. The average molecular weight is 714 g/mol. The summed E-state index contributed by atoms with van der Waals surface area (Å²) in [6.07, 6.45) is 6.20. The second-order valence-electron chi connectivity index (χ2n) is 11.5. The van der Waals surface area contributed by atoms with Crippen LogP contribution in [0.4, 0.5) is 0 Å². The maximum atomic E-state index is 13.0. The molecule has 0 bridgehead atoms. The number of carbonyl (C=O) groups excluding carboxylic acids is 3. The summed E-state index contributed by atoms with van der Waals surface area (Å²) in [4.78, 5) is 41.9. The van der Waals surface area contributed by atoms with Crippen molar-refractivity contribution >= 4 is 43.3 Å². The Kier molecular flexibility index (Phi) is 62.6.